The third-order valence-electron chi connectivity index (χ3n) is 1.06. The minimum atomic E-state index is -2.33. The van der Waals surface area contributed by atoms with Crippen molar-refractivity contribution in [2.45, 2.75) is 0 Å². The molecule has 0 heterocycles. The van der Waals surface area contributed by atoms with E-state index in [9.17, 15) is 4.79 Å². The molecule has 7 heteroatoms. The van der Waals surface area contributed by atoms with Crippen LogP contribution in [0.4, 0.5) is 4.79 Å². The second-order valence-electron chi connectivity index (χ2n) is 1.93. The number of benzene rings is 1. The maximum Gasteiger partial charge on any atom is 1.00 e. The summed E-state index contributed by atoms with van der Waals surface area (Å²) in [6, 6.07) is 6.40. The minimum Gasteiger partial charge on any atom is -0.652 e. The number of hydrogen-bond acceptors (Lipinski definition) is 5. The zero-order valence-electron chi connectivity index (χ0n) is 8.47. The van der Waals surface area contributed by atoms with Gasteiger partial charge in [-0.2, -0.15) is 0 Å². The Hall–Kier alpha value is 2.06. The first-order chi connectivity index (χ1) is 6.07. The molecular weight excluding hydrogens is 442 g/mol. The van der Waals surface area contributed by atoms with Crippen molar-refractivity contribution in [3.05, 3.63) is 29.8 Å². The van der Waals surface area contributed by atoms with E-state index in [1.807, 2.05) is 0 Å². The summed E-state index contributed by atoms with van der Waals surface area (Å²) in [4.78, 5) is 18.4. The number of carboxylic acid groups (broad SMARTS) is 2. The van der Waals surface area contributed by atoms with Crippen LogP contribution in [0.3, 0.4) is 0 Å². The number of rotatable bonds is 1. The predicted molar refractivity (Wildman–Crippen MR) is 38.9 cm³/mol. The molecule has 0 aromatic heterocycles. The Labute approximate surface area is 204 Å². The van der Waals surface area contributed by atoms with Gasteiger partial charge in [0.25, 0.3) is 0 Å². The molecule has 1 aromatic rings. The Bertz CT molecular complexity index is 299. The first-order valence-electron chi connectivity index (χ1n) is 3.19. The maximum absolute atomic E-state index is 10.1. The van der Waals surface area contributed by atoms with E-state index in [-0.39, 0.29) is 144 Å². The SMILES string of the molecule is O=C([O-])[O-].O=Cc1ccccc1O.[Cs+].[Cs+]. The van der Waals surface area contributed by atoms with Crippen molar-refractivity contribution >= 4 is 12.4 Å². The topological polar surface area (TPSA) is 100 Å². The number of carbonyl (C=O) groups is 2. The molecule has 1 aromatic carbocycles. The van der Waals surface area contributed by atoms with Gasteiger partial charge in [0.1, 0.15) is 5.75 Å². The van der Waals surface area contributed by atoms with Gasteiger partial charge in [-0.3, -0.25) is 4.79 Å². The van der Waals surface area contributed by atoms with Crippen LogP contribution in [-0.2, 0) is 0 Å². The van der Waals surface area contributed by atoms with Crippen molar-refractivity contribution in [2.24, 2.45) is 0 Å². The van der Waals surface area contributed by atoms with E-state index in [0.29, 0.717) is 11.8 Å². The van der Waals surface area contributed by atoms with Gasteiger partial charge < -0.3 is 20.1 Å². The molecule has 0 saturated heterocycles. The van der Waals surface area contributed by atoms with Gasteiger partial charge in [0, 0.05) is 0 Å². The van der Waals surface area contributed by atoms with Crippen LogP contribution in [0.25, 0.3) is 0 Å². The molecule has 0 fully saturated rings. The van der Waals surface area contributed by atoms with E-state index in [0.717, 1.165) is 0 Å². The Balaban J connectivity index is -0.000000213. The summed E-state index contributed by atoms with van der Waals surface area (Å²) in [5.41, 5.74) is 0.331. The average Bonchev–Trinajstić information content (AvgIpc) is 2.04. The Kier molecular flexibility index (Phi) is 21.0. The van der Waals surface area contributed by atoms with Crippen molar-refractivity contribution in [3.63, 3.8) is 0 Å². The molecule has 0 aliphatic carbocycles. The monoisotopic (exact) mass is 448 g/mol. The molecule has 0 unspecified atom stereocenters. The summed E-state index contributed by atoms with van der Waals surface area (Å²) in [5, 5.41) is 25.5. The van der Waals surface area contributed by atoms with E-state index in [2.05, 4.69) is 0 Å². The maximum atomic E-state index is 10.1. The van der Waals surface area contributed by atoms with E-state index in [1.54, 1.807) is 18.2 Å². The first kappa shape index (κ1) is 22.3. The fraction of sp³-hybridized carbons (Fsp3) is 0. The fourth-order valence-corrected chi connectivity index (χ4v) is 0.587. The molecule has 0 amide bonds. The Morgan fingerprint density at radius 1 is 1.20 bits per heavy atom. The van der Waals surface area contributed by atoms with Crippen LogP contribution in [0.2, 0.25) is 0 Å². The number of para-hydroxylation sites is 1. The molecule has 0 spiro atoms. The van der Waals surface area contributed by atoms with Gasteiger partial charge in [-0.05, 0) is 18.3 Å². The standard InChI is InChI=1S/C7H6O2.CH2O3.2Cs/c8-5-6-3-1-2-4-7(6)9;2-1(3)4;;/h1-5,9H;(H2,2,3,4);;/q;;2*+1/p-2. The predicted octanol–water partition coefficient (Wildman–Crippen LogP) is -7.23. The Morgan fingerprint density at radius 2 is 1.60 bits per heavy atom. The molecule has 1 rings (SSSR count). The number of hydrogen-bond donors (Lipinski definition) is 1. The summed E-state index contributed by atoms with van der Waals surface area (Å²) >= 11 is 0. The van der Waals surface area contributed by atoms with Gasteiger partial charge >= 0.3 is 138 Å². The van der Waals surface area contributed by atoms with Crippen LogP contribution in [0.15, 0.2) is 24.3 Å². The van der Waals surface area contributed by atoms with E-state index in [1.165, 1.54) is 6.07 Å². The fourth-order valence-electron chi connectivity index (χ4n) is 0.587. The number of phenols is 1. The van der Waals surface area contributed by atoms with Gasteiger partial charge in [-0.25, -0.2) is 0 Å². The molecule has 0 saturated carbocycles. The number of aldehydes is 1. The van der Waals surface area contributed by atoms with Crippen LogP contribution in [0.1, 0.15) is 10.4 Å². The molecule has 1 N–H and O–H groups in total. The summed E-state index contributed by atoms with van der Waals surface area (Å²) in [6.45, 7) is 0. The third-order valence-corrected chi connectivity index (χ3v) is 1.06. The molecule has 0 bridgehead atoms. The molecule has 0 aliphatic rings. The van der Waals surface area contributed by atoms with Crippen LogP contribution < -0.4 is 148 Å². The van der Waals surface area contributed by atoms with E-state index >= 15 is 0 Å². The summed E-state index contributed by atoms with van der Waals surface area (Å²) in [6.07, 6.45) is -1.71. The number of aromatic hydroxyl groups is 1. The smallest absolute Gasteiger partial charge is 0.652 e. The van der Waals surface area contributed by atoms with Crippen molar-refractivity contribution in [3.8, 4) is 5.75 Å². The first-order valence-corrected chi connectivity index (χ1v) is 3.19. The van der Waals surface area contributed by atoms with E-state index < -0.39 is 6.16 Å². The molecule has 0 aliphatic heterocycles. The third kappa shape index (κ3) is 14.0. The number of phenolic OH excluding ortho intramolecular Hbond substituents is 1. The molecule has 5 nitrogen and oxygen atoms in total. The van der Waals surface area contributed by atoms with Gasteiger partial charge in [0.15, 0.2) is 6.29 Å². The second-order valence-corrected chi connectivity index (χ2v) is 1.93. The second kappa shape index (κ2) is 14.1. The number of carbonyl (C=O) groups excluding carboxylic acids is 2. The van der Waals surface area contributed by atoms with Gasteiger partial charge in [0.05, 0.1) is 5.56 Å². The molecule has 0 atom stereocenters. The normalized spacial score (nSPS) is 6.93. The zero-order chi connectivity index (χ0) is 10.3. The minimum absolute atomic E-state index is 0. The van der Waals surface area contributed by atoms with Gasteiger partial charge in [-0.1, -0.05) is 12.1 Å². The van der Waals surface area contributed by atoms with Crippen molar-refractivity contribution < 1.29 is 163 Å². The molecule has 0 radical (unpaired) electrons. The van der Waals surface area contributed by atoms with Crippen LogP contribution in [-0.4, -0.2) is 17.5 Å². The molecule has 70 valence electrons. The molecular formula is C8H6Cs2O5. The van der Waals surface area contributed by atoms with Crippen LogP contribution in [0.5, 0.6) is 5.75 Å². The van der Waals surface area contributed by atoms with Crippen LogP contribution >= 0.6 is 0 Å². The Morgan fingerprint density at radius 3 is 1.87 bits per heavy atom. The molecule has 15 heavy (non-hydrogen) atoms. The van der Waals surface area contributed by atoms with Gasteiger partial charge in [-0.15, -0.1) is 0 Å². The van der Waals surface area contributed by atoms with Crippen molar-refractivity contribution in [1.29, 1.82) is 0 Å². The van der Waals surface area contributed by atoms with Gasteiger partial charge in [0.2, 0.25) is 0 Å². The summed E-state index contributed by atoms with van der Waals surface area (Å²) < 4.78 is 0. The van der Waals surface area contributed by atoms with E-state index in [4.69, 9.17) is 20.1 Å². The van der Waals surface area contributed by atoms with Crippen molar-refractivity contribution in [1.82, 2.24) is 0 Å². The summed E-state index contributed by atoms with van der Waals surface area (Å²) in [7, 11) is 0. The summed E-state index contributed by atoms with van der Waals surface area (Å²) in [5.74, 6) is 0.0347. The van der Waals surface area contributed by atoms with Crippen molar-refractivity contribution in [2.75, 3.05) is 0 Å². The quantitative estimate of drug-likeness (QED) is 0.431. The average molecular weight is 448 g/mol. The van der Waals surface area contributed by atoms with Crippen LogP contribution in [0, 0.1) is 0 Å². The zero-order valence-corrected chi connectivity index (χ0v) is 21.0. The largest absolute Gasteiger partial charge is 1.00 e.